The number of nitrogens with zero attached hydrogens (tertiary/aromatic N) is 1. The Bertz CT molecular complexity index is 885. The SMILES string of the molecule is O=C1NC2(CCCN(Cc3ccc(OC(F)(F)F)cc3)C2)COc2ccccc21. The van der Waals surface area contributed by atoms with Crippen LogP contribution < -0.4 is 14.8 Å². The number of para-hydroxylation sites is 1. The summed E-state index contributed by atoms with van der Waals surface area (Å²) in [5.74, 6) is 0.200. The number of benzene rings is 2. The van der Waals surface area contributed by atoms with Gasteiger partial charge in [0, 0.05) is 13.1 Å². The summed E-state index contributed by atoms with van der Waals surface area (Å²) in [5, 5.41) is 3.15. The van der Waals surface area contributed by atoms with Crippen molar-refractivity contribution in [3.05, 3.63) is 59.7 Å². The van der Waals surface area contributed by atoms with E-state index in [1.165, 1.54) is 12.1 Å². The van der Waals surface area contributed by atoms with Crippen molar-refractivity contribution in [2.75, 3.05) is 19.7 Å². The Morgan fingerprint density at radius 1 is 1.14 bits per heavy atom. The number of likely N-dealkylation sites (tertiary alicyclic amines) is 1. The molecule has 0 aromatic heterocycles. The average Bonchev–Trinajstić information content (AvgIpc) is 2.80. The van der Waals surface area contributed by atoms with E-state index in [0.717, 1.165) is 24.9 Å². The molecule has 1 fully saturated rings. The van der Waals surface area contributed by atoms with Gasteiger partial charge in [-0.3, -0.25) is 9.69 Å². The number of piperidine rings is 1. The van der Waals surface area contributed by atoms with Crippen LogP contribution in [-0.2, 0) is 6.54 Å². The fourth-order valence-electron chi connectivity index (χ4n) is 3.98. The maximum Gasteiger partial charge on any atom is 0.573 e. The fourth-order valence-corrected chi connectivity index (χ4v) is 3.98. The molecule has 1 amide bonds. The smallest absolute Gasteiger partial charge is 0.490 e. The van der Waals surface area contributed by atoms with Crippen LogP contribution in [0.4, 0.5) is 13.2 Å². The summed E-state index contributed by atoms with van der Waals surface area (Å²) in [6.07, 6.45) is -3.01. The molecule has 1 unspecified atom stereocenters. The molecule has 1 atom stereocenters. The van der Waals surface area contributed by atoms with Crippen molar-refractivity contribution in [3.63, 3.8) is 0 Å². The Morgan fingerprint density at radius 2 is 1.90 bits per heavy atom. The van der Waals surface area contributed by atoms with Gasteiger partial charge in [0.1, 0.15) is 18.1 Å². The van der Waals surface area contributed by atoms with Crippen molar-refractivity contribution in [1.29, 1.82) is 0 Å². The fraction of sp³-hybridized carbons (Fsp3) is 0.381. The molecule has 2 aliphatic rings. The lowest BCUT2D eigenvalue weighted by Gasteiger charge is -2.42. The summed E-state index contributed by atoms with van der Waals surface area (Å²) in [4.78, 5) is 14.9. The van der Waals surface area contributed by atoms with Crippen LogP contribution >= 0.6 is 0 Å². The number of alkyl halides is 3. The van der Waals surface area contributed by atoms with Gasteiger partial charge in [0.2, 0.25) is 0 Å². The second-order valence-corrected chi connectivity index (χ2v) is 7.53. The summed E-state index contributed by atoms with van der Waals surface area (Å²) in [6, 6.07) is 13.1. The van der Waals surface area contributed by atoms with Gasteiger partial charge in [-0.15, -0.1) is 13.2 Å². The van der Waals surface area contributed by atoms with Gasteiger partial charge in [0.15, 0.2) is 0 Å². The maximum absolute atomic E-state index is 12.7. The molecule has 1 spiro atoms. The van der Waals surface area contributed by atoms with Gasteiger partial charge in [0.25, 0.3) is 5.91 Å². The number of hydrogen-bond acceptors (Lipinski definition) is 4. The molecule has 8 heteroatoms. The summed E-state index contributed by atoms with van der Waals surface area (Å²) < 4.78 is 46.8. The third-order valence-electron chi connectivity index (χ3n) is 5.23. The highest BCUT2D eigenvalue weighted by atomic mass is 19.4. The molecule has 0 bridgehead atoms. The number of rotatable bonds is 3. The number of hydrogen-bond donors (Lipinski definition) is 1. The highest BCUT2D eigenvalue weighted by Crippen LogP contribution is 2.30. The van der Waals surface area contributed by atoms with Gasteiger partial charge in [-0.25, -0.2) is 0 Å². The van der Waals surface area contributed by atoms with Crippen LogP contribution in [0.15, 0.2) is 48.5 Å². The zero-order chi connectivity index (χ0) is 20.5. The molecule has 2 aromatic carbocycles. The summed E-state index contributed by atoms with van der Waals surface area (Å²) in [5.41, 5.74) is 0.913. The van der Waals surface area contributed by atoms with Crippen LogP contribution in [0.2, 0.25) is 0 Å². The molecule has 2 heterocycles. The first-order chi connectivity index (χ1) is 13.8. The highest BCUT2D eigenvalue weighted by molar-refractivity contribution is 5.97. The number of carbonyl (C=O) groups excluding carboxylic acids is 1. The van der Waals surface area contributed by atoms with E-state index in [1.807, 2.05) is 6.07 Å². The largest absolute Gasteiger partial charge is 0.573 e. The Morgan fingerprint density at radius 3 is 2.66 bits per heavy atom. The van der Waals surface area contributed by atoms with Crippen molar-refractivity contribution in [3.8, 4) is 11.5 Å². The normalized spacial score (nSPS) is 22.4. The van der Waals surface area contributed by atoms with Gasteiger partial charge in [-0.1, -0.05) is 24.3 Å². The molecule has 1 N–H and O–H groups in total. The monoisotopic (exact) mass is 406 g/mol. The minimum Gasteiger partial charge on any atom is -0.490 e. The molecule has 0 aliphatic carbocycles. The Hall–Kier alpha value is -2.74. The van der Waals surface area contributed by atoms with E-state index >= 15 is 0 Å². The average molecular weight is 406 g/mol. The molecule has 29 heavy (non-hydrogen) atoms. The number of amides is 1. The van der Waals surface area contributed by atoms with Crippen LogP contribution in [0.3, 0.4) is 0 Å². The van der Waals surface area contributed by atoms with Crippen molar-refractivity contribution in [2.24, 2.45) is 0 Å². The van der Waals surface area contributed by atoms with Gasteiger partial charge < -0.3 is 14.8 Å². The molecule has 0 radical (unpaired) electrons. The van der Waals surface area contributed by atoms with E-state index in [4.69, 9.17) is 4.74 Å². The number of fused-ring (bicyclic) bond motifs is 1. The van der Waals surface area contributed by atoms with Gasteiger partial charge in [-0.2, -0.15) is 0 Å². The zero-order valence-electron chi connectivity index (χ0n) is 15.7. The molecule has 4 rings (SSSR count). The summed E-state index contributed by atoms with van der Waals surface area (Å²) in [6.45, 7) is 2.39. The topological polar surface area (TPSA) is 50.8 Å². The quantitative estimate of drug-likeness (QED) is 0.844. The molecule has 2 aromatic rings. The molecule has 2 aliphatic heterocycles. The van der Waals surface area contributed by atoms with Gasteiger partial charge in [-0.05, 0) is 49.2 Å². The highest BCUT2D eigenvalue weighted by Gasteiger charge is 2.40. The second-order valence-electron chi connectivity index (χ2n) is 7.53. The number of nitrogens with one attached hydrogen (secondary N) is 1. The first kappa shape index (κ1) is 19.6. The predicted molar refractivity (Wildman–Crippen MR) is 99.8 cm³/mol. The minimum atomic E-state index is -4.70. The van der Waals surface area contributed by atoms with E-state index in [-0.39, 0.29) is 11.7 Å². The standard InChI is InChI=1S/C21H21F3N2O3/c22-21(23,24)29-16-8-6-15(7-9-16)12-26-11-3-10-20(13-26)14-28-18-5-2-1-4-17(18)19(27)25-20/h1-2,4-9H,3,10-14H2,(H,25,27). The predicted octanol–water partition coefficient (Wildman–Crippen LogP) is 3.74. The van der Waals surface area contributed by atoms with E-state index in [9.17, 15) is 18.0 Å². The number of halogens is 3. The van der Waals surface area contributed by atoms with Gasteiger partial charge >= 0.3 is 6.36 Å². The van der Waals surface area contributed by atoms with Crippen molar-refractivity contribution < 1.29 is 27.4 Å². The third kappa shape index (κ3) is 4.64. The van der Waals surface area contributed by atoms with Crippen LogP contribution in [0.25, 0.3) is 0 Å². The molecule has 1 saturated heterocycles. The number of carbonyl (C=O) groups is 1. The van der Waals surface area contributed by atoms with E-state index < -0.39 is 11.9 Å². The van der Waals surface area contributed by atoms with E-state index in [2.05, 4.69) is 15.0 Å². The first-order valence-corrected chi connectivity index (χ1v) is 9.43. The molecular formula is C21H21F3N2O3. The lowest BCUT2D eigenvalue weighted by Crippen LogP contribution is -2.60. The molecular weight excluding hydrogens is 385 g/mol. The van der Waals surface area contributed by atoms with Crippen molar-refractivity contribution >= 4 is 5.91 Å². The molecule has 154 valence electrons. The lowest BCUT2D eigenvalue weighted by molar-refractivity contribution is -0.274. The first-order valence-electron chi connectivity index (χ1n) is 9.43. The molecule has 0 saturated carbocycles. The molecule has 5 nitrogen and oxygen atoms in total. The lowest BCUT2D eigenvalue weighted by atomic mass is 9.89. The summed E-state index contributed by atoms with van der Waals surface area (Å²) in [7, 11) is 0. The Labute approximate surface area is 166 Å². The zero-order valence-corrected chi connectivity index (χ0v) is 15.7. The Balaban J connectivity index is 1.43. The maximum atomic E-state index is 12.7. The number of ether oxygens (including phenoxy) is 2. The van der Waals surface area contributed by atoms with Crippen molar-refractivity contribution in [1.82, 2.24) is 10.2 Å². The van der Waals surface area contributed by atoms with Crippen molar-refractivity contribution in [2.45, 2.75) is 31.3 Å². The Kier molecular flexibility index (Phi) is 5.12. The van der Waals surface area contributed by atoms with Crippen LogP contribution in [0.1, 0.15) is 28.8 Å². The second kappa shape index (κ2) is 7.59. The minimum absolute atomic E-state index is 0.145. The van der Waals surface area contributed by atoms with E-state index in [1.54, 1.807) is 30.3 Å². The van der Waals surface area contributed by atoms with Crippen LogP contribution in [-0.4, -0.2) is 42.4 Å². The third-order valence-corrected chi connectivity index (χ3v) is 5.23. The van der Waals surface area contributed by atoms with Gasteiger partial charge in [0.05, 0.1) is 11.1 Å². The van der Waals surface area contributed by atoms with E-state index in [0.29, 0.717) is 31.0 Å². The van der Waals surface area contributed by atoms with Crippen LogP contribution in [0.5, 0.6) is 11.5 Å². The van der Waals surface area contributed by atoms with Crippen LogP contribution in [0, 0.1) is 0 Å². The summed E-state index contributed by atoms with van der Waals surface area (Å²) >= 11 is 0.